The average molecular weight is 569 g/mol. The molecular weight excluding hydrogens is 528 g/mol. The minimum absolute atomic E-state index is 0.0764. The first-order valence-corrected chi connectivity index (χ1v) is 15.7. The summed E-state index contributed by atoms with van der Waals surface area (Å²) in [5.41, 5.74) is 0.855. The van der Waals surface area contributed by atoms with Gasteiger partial charge in [-0.3, -0.25) is 19.2 Å². The number of fused-ring (bicyclic) bond motifs is 2. The van der Waals surface area contributed by atoms with Crippen molar-refractivity contribution in [2.45, 2.75) is 69.8 Å². The van der Waals surface area contributed by atoms with E-state index in [2.05, 4.69) is 5.32 Å². The number of carbonyl (C=O) groups is 2. The molecule has 3 aliphatic heterocycles. The topological polar surface area (TPSA) is 99.3 Å². The highest BCUT2D eigenvalue weighted by atomic mass is 32.2. The van der Waals surface area contributed by atoms with Crippen LogP contribution in [0, 0.1) is 0 Å². The van der Waals surface area contributed by atoms with Crippen molar-refractivity contribution in [3.05, 3.63) is 65.7 Å². The highest BCUT2D eigenvalue weighted by molar-refractivity contribution is 7.92. The summed E-state index contributed by atoms with van der Waals surface area (Å²) in [5, 5.41) is 3.37. The number of hydrogen-bond acceptors (Lipinski definition) is 6. The lowest BCUT2D eigenvalue weighted by Crippen LogP contribution is -2.60. The molecule has 2 amide bonds. The lowest BCUT2D eigenvalue weighted by atomic mass is 9.74. The van der Waals surface area contributed by atoms with Crippen molar-refractivity contribution < 1.29 is 22.7 Å². The summed E-state index contributed by atoms with van der Waals surface area (Å²) in [5.74, 6) is -0.281. The molecule has 2 fully saturated rings. The molecule has 0 bridgehead atoms. The van der Waals surface area contributed by atoms with Crippen LogP contribution in [0.1, 0.15) is 51.7 Å². The van der Waals surface area contributed by atoms with Crippen LogP contribution in [0.5, 0.6) is 0 Å². The Morgan fingerprint density at radius 2 is 1.62 bits per heavy atom. The van der Waals surface area contributed by atoms with Gasteiger partial charge in [0, 0.05) is 25.0 Å². The highest BCUT2D eigenvalue weighted by Crippen LogP contribution is 2.48. The van der Waals surface area contributed by atoms with Gasteiger partial charge in [-0.15, -0.1) is 0 Å². The van der Waals surface area contributed by atoms with E-state index in [9.17, 15) is 18.0 Å². The van der Waals surface area contributed by atoms with Gasteiger partial charge in [0.2, 0.25) is 21.8 Å². The number of ether oxygens (including phenoxy) is 1. The molecule has 2 aromatic rings. The van der Waals surface area contributed by atoms with E-state index >= 15 is 0 Å². The van der Waals surface area contributed by atoms with Crippen LogP contribution in [0.3, 0.4) is 0 Å². The number of sulfonamides is 1. The van der Waals surface area contributed by atoms with Crippen molar-refractivity contribution in [3.63, 3.8) is 0 Å². The summed E-state index contributed by atoms with van der Waals surface area (Å²) in [6, 6.07) is 16.6. The van der Waals surface area contributed by atoms with Gasteiger partial charge in [-0.1, -0.05) is 48.5 Å². The quantitative estimate of drug-likeness (QED) is 0.552. The number of piperidine rings is 1. The van der Waals surface area contributed by atoms with E-state index in [1.165, 1.54) is 10.6 Å². The third kappa shape index (κ3) is 5.12. The molecule has 3 heterocycles. The van der Waals surface area contributed by atoms with Crippen LogP contribution in [0.4, 0.5) is 5.69 Å². The van der Waals surface area contributed by atoms with Crippen LogP contribution in [0.15, 0.2) is 54.6 Å². The molecule has 0 aromatic heterocycles. The molecule has 0 aliphatic carbocycles. The SMILES string of the molecule is CC1(C)NC(C)(C)N([C@H](COCc2ccccc2)C(=O)N2CCC3(CC2)CN(S(C)(=O)=O)c2ccccc23)C1=O. The molecule has 1 N–H and O–H groups in total. The number of nitrogens with one attached hydrogen (secondary N) is 1. The van der Waals surface area contributed by atoms with Gasteiger partial charge in [-0.05, 0) is 57.7 Å². The third-order valence-corrected chi connectivity index (χ3v) is 9.71. The monoisotopic (exact) mass is 568 g/mol. The summed E-state index contributed by atoms with van der Waals surface area (Å²) >= 11 is 0. The number of benzene rings is 2. The molecule has 10 heteroatoms. The van der Waals surface area contributed by atoms with Gasteiger partial charge >= 0.3 is 0 Å². The van der Waals surface area contributed by atoms with Crippen molar-refractivity contribution in [1.82, 2.24) is 15.1 Å². The average Bonchev–Trinajstić information content (AvgIpc) is 3.30. The molecule has 40 heavy (non-hydrogen) atoms. The molecule has 5 rings (SSSR count). The fraction of sp³-hybridized carbons (Fsp3) is 0.533. The summed E-state index contributed by atoms with van der Waals surface area (Å²) in [6.45, 7) is 9.23. The van der Waals surface area contributed by atoms with Crippen LogP contribution in [-0.2, 0) is 36.4 Å². The van der Waals surface area contributed by atoms with E-state index in [0.717, 1.165) is 16.8 Å². The van der Waals surface area contributed by atoms with Crippen molar-refractivity contribution in [1.29, 1.82) is 0 Å². The summed E-state index contributed by atoms with van der Waals surface area (Å²) in [7, 11) is -3.42. The highest BCUT2D eigenvalue weighted by Gasteiger charge is 2.55. The summed E-state index contributed by atoms with van der Waals surface area (Å²) < 4.78 is 32.7. The number of anilines is 1. The number of nitrogens with zero attached hydrogens (tertiary/aromatic N) is 3. The van der Waals surface area contributed by atoms with Gasteiger partial charge in [0.25, 0.3) is 0 Å². The molecule has 0 radical (unpaired) electrons. The fourth-order valence-corrected chi connectivity index (χ4v) is 7.76. The maximum atomic E-state index is 14.2. The van der Waals surface area contributed by atoms with Crippen LogP contribution in [0.2, 0.25) is 0 Å². The van der Waals surface area contributed by atoms with E-state index in [4.69, 9.17) is 4.74 Å². The number of rotatable bonds is 7. The maximum absolute atomic E-state index is 14.2. The first kappa shape index (κ1) is 28.6. The zero-order chi connectivity index (χ0) is 28.9. The number of hydrogen-bond donors (Lipinski definition) is 1. The Bertz CT molecular complexity index is 1380. The van der Waals surface area contributed by atoms with E-state index in [-0.39, 0.29) is 23.8 Å². The fourth-order valence-electron chi connectivity index (χ4n) is 6.76. The molecule has 2 aromatic carbocycles. The predicted octanol–water partition coefficient (Wildman–Crippen LogP) is 2.86. The Balaban J connectivity index is 1.36. The van der Waals surface area contributed by atoms with E-state index in [1.807, 2.05) is 87.2 Å². The molecule has 2 saturated heterocycles. The van der Waals surface area contributed by atoms with Crippen molar-refractivity contribution in [3.8, 4) is 0 Å². The van der Waals surface area contributed by atoms with Crippen molar-refractivity contribution in [2.24, 2.45) is 0 Å². The molecule has 216 valence electrons. The van der Waals surface area contributed by atoms with Crippen molar-refractivity contribution >= 4 is 27.5 Å². The second-order valence-electron chi connectivity index (χ2n) is 12.4. The normalized spacial score (nSPS) is 22.0. The number of carbonyl (C=O) groups excluding carboxylic acids is 2. The molecule has 0 saturated carbocycles. The number of likely N-dealkylation sites (tertiary alicyclic amines) is 1. The molecule has 9 nitrogen and oxygen atoms in total. The van der Waals surface area contributed by atoms with Gasteiger partial charge in [-0.25, -0.2) is 8.42 Å². The van der Waals surface area contributed by atoms with E-state index < -0.39 is 27.3 Å². The molecule has 1 atom stereocenters. The molecule has 3 aliphatic rings. The molecule has 1 spiro atoms. The molecule has 0 unspecified atom stereocenters. The lowest BCUT2D eigenvalue weighted by molar-refractivity contribution is -0.152. The van der Waals surface area contributed by atoms with Crippen LogP contribution in [-0.4, -0.2) is 79.8 Å². The minimum Gasteiger partial charge on any atom is -0.374 e. The van der Waals surface area contributed by atoms with Gasteiger partial charge in [-0.2, -0.15) is 0 Å². The first-order chi connectivity index (χ1) is 18.8. The smallest absolute Gasteiger partial charge is 0.247 e. The van der Waals surface area contributed by atoms with Crippen LogP contribution >= 0.6 is 0 Å². The van der Waals surface area contributed by atoms with Crippen LogP contribution in [0.25, 0.3) is 0 Å². The largest absolute Gasteiger partial charge is 0.374 e. The van der Waals surface area contributed by atoms with Gasteiger partial charge in [0.1, 0.15) is 6.04 Å². The van der Waals surface area contributed by atoms with Gasteiger partial charge in [0.05, 0.1) is 36.4 Å². The second-order valence-corrected chi connectivity index (χ2v) is 14.3. The summed E-state index contributed by atoms with van der Waals surface area (Å²) in [4.78, 5) is 31.2. The number of para-hydroxylation sites is 1. The zero-order valence-electron chi connectivity index (χ0n) is 24.0. The van der Waals surface area contributed by atoms with Gasteiger partial charge < -0.3 is 14.5 Å². The Morgan fingerprint density at radius 1 is 1.00 bits per heavy atom. The lowest BCUT2D eigenvalue weighted by Gasteiger charge is -2.43. The number of amides is 2. The van der Waals surface area contributed by atoms with Crippen molar-refractivity contribution in [2.75, 3.05) is 36.8 Å². The molecular formula is C30H40N4O5S. The maximum Gasteiger partial charge on any atom is 0.247 e. The van der Waals surface area contributed by atoms with Crippen LogP contribution < -0.4 is 9.62 Å². The Labute approximate surface area is 237 Å². The predicted molar refractivity (Wildman–Crippen MR) is 154 cm³/mol. The third-order valence-electron chi connectivity index (χ3n) is 8.58. The standard InChI is InChI=1S/C30H40N4O5S/c1-28(2)27(36)34(29(3,4)31-28)25(20-39-19-22-11-7-6-8-12-22)26(35)32-17-15-30(16-18-32)21-33(40(5,37)38)24-14-10-9-13-23(24)30/h6-14,25,31H,15-21H2,1-5H3/t25-/m1/s1. The van der Waals surface area contributed by atoms with E-state index in [0.29, 0.717) is 39.1 Å². The zero-order valence-corrected chi connectivity index (χ0v) is 24.8. The van der Waals surface area contributed by atoms with Gasteiger partial charge in [0.15, 0.2) is 0 Å². The summed E-state index contributed by atoms with van der Waals surface area (Å²) in [6.07, 6.45) is 2.52. The Morgan fingerprint density at radius 3 is 2.23 bits per heavy atom. The Kier molecular flexibility index (Phi) is 7.25. The Hall–Kier alpha value is -2.95. The minimum atomic E-state index is -3.42. The van der Waals surface area contributed by atoms with E-state index in [1.54, 1.807) is 4.90 Å². The first-order valence-electron chi connectivity index (χ1n) is 13.9. The second kappa shape index (κ2) is 10.2.